The first kappa shape index (κ1) is 13.3. The van der Waals surface area contributed by atoms with Crippen LogP contribution in [0.15, 0.2) is 61.2 Å². The van der Waals surface area contributed by atoms with Gasteiger partial charge in [-0.2, -0.15) is 0 Å². The summed E-state index contributed by atoms with van der Waals surface area (Å²) in [5.41, 5.74) is 0.865. The zero-order chi connectivity index (χ0) is 14.5. The summed E-state index contributed by atoms with van der Waals surface area (Å²) in [6, 6.07) is 14.7. The van der Waals surface area contributed by atoms with Gasteiger partial charge in [0, 0.05) is 10.7 Å². The summed E-state index contributed by atoms with van der Waals surface area (Å²) < 4.78 is 5.71. The first-order valence-electron chi connectivity index (χ1n) is 6.22. The van der Waals surface area contributed by atoms with E-state index in [0.717, 1.165) is 17.2 Å². The van der Waals surface area contributed by atoms with Crippen LogP contribution in [0.4, 0.5) is 11.6 Å². The van der Waals surface area contributed by atoms with Gasteiger partial charge in [-0.3, -0.25) is 0 Å². The number of nitrogens with zero attached hydrogens (tertiary/aromatic N) is 3. The van der Waals surface area contributed by atoms with E-state index in [1.807, 2.05) is 36.4 Å². The maximum Gasteiger partial charge on any atom is 0.230 e. The molecule has 104 valence electrons. The Morgan fingerprint density at radius 3 is 2.00 bits per heavy atom. The molecule has 0 unspecified atom stereocenters. The minimum absolute atomic E-state index is 0.497. The van der Waals surface area contributed by atoms with Gasteiger partial charge >= 0.3 is 0 Å². The Morgan fingerprint density at radius 2 is 1.38 bits per heavy atom. The van der Waals surface area contributed by atoms with E-state index in [1.54, 1.807) is 12.1 Å². The minimum Gasteiger partial charge on any atom is -0.457 e. The maximum absolute atomic E-state index is 5.83. The van der Waals surface area contributed by atoms with Crippen molar-refractivity contribution in [3.8, 4) is 11.5 Å². The summed E-state index contributed by atoms with van der Waals surface area (Å²) in [5, 5.41) is 3.75. The van der Waals surface area contributed by atoms with Crippen LogP contribution in [0.3, 0.4) is 0 Å². The van der Waals surface area contributed by atoms with Gasteiger partial charge < -0.3 is 10.1 Å². The van der Waals surface area contributed by atoms with Crippen molar-refractivity contribution in [1.82, 2.24) is 15.0 Å². The molecular weight excluding hydrogens is 288 g/mol. The first-order chi connectivity index (χ1) is 10.3. The Kier molecular flexibility index (Phi) is 3.93. The SMILES string of the molecule is Clc1ccc(Oc2ccc(Nc3ncncn3)cc2)cc1. The number of ether oxygens (including phenoxy) is 1. The lowest BCUT2D eigenvalue weighted by Gasteiger charge is -2.07. The van der Waals surface area contributed by atoms with Gasteiger partial charge in [-0.25, -0.2) is 15.0 Å². The second-order valence-corrected chi connectivity index (χ2v) is 4.60. The van der Waals surface area contributed by atoms with Gasteiger partial charge in [0.15, 0.2) is 0 Å². The zero-order valence-corrected chi connectivity index (χ0v) is 11.7. The van der Waals surface area contributed by atoms with Crippen molar-refractivity contribution in [2.45, 2.75) is 0 Å². The third kappa shape index (κ3) is 3.67. The standard InChI is InChI=1S/C15H11ClN4O/c16-11-1-5-13(6-2-11)21-14-7-3-12(4-8-14)20-15-18-9-17-10-19-15/h1-10H,(H,17,18,19,20). The van der Waals surface area contributed by atoms with Gasteiger partial charge in [-0.15, -0.1) is 0 Å². The molecule has 0 fully saturated rings. The van der Waals surface area contributed by atoms with E-state index in [4.69, 9.17) is 16.3 Å². The van der Waals surface area contributed by atoms with E-state index in [0.29, 0.717) is 11.0 Å². The number of anilines is 2. The molecule has 0 aliphatic rings. The predicted octanol–water partition coefficient (Wildman–Crippen LogP) is 4.06. The van der Waals surface area contributed by atoms with Crippen LogP contribution in [0.2, 0.25) is 5.02 Å². The van der Waals surface area contributed by atoms with Crippen LogP contribution in [0, 0.1) is 0 Å². The van der Waals surface area contributed by atoms with Gasteiger partial charge in [0.2, 0.25) is 5.95 Å². The topological polar surface area (TPSA) is 59.9 Å². The van der Waals surface area contributed by atoms with Crippen LogP contribution < -0.4 is 10.1 Å². The lowest BCUT2D eigenvalue weighted by Crippen LogP contribution is -1.96. The van der Waals surface area contributed by atoms with E-state index in [1.165, 1.54) is 12.7 Å². The van der Waals surface area contributed by atoms with Crippen LogP contribution in [-0.2, 0) is 0 Å². The number of rotatable bonds is 4. The number of halogens is 1. The molecule has 5 nitrogen and oxygen atoms in total. The van der Waals surface area contributed by atoms with Crippen molar-refractivity contribution in [3.63, 3.8) is 0 Å². The van der Waals surface area contributed by atoms with Gasteiger partial charge in [0.25, 0.3) is 0 Å². The van der Waals surface area contributed by atoms with Gasteiger partial charge in [0.1, 0.15) is 24.2 Å². The van der Waals surface area contributed by atoms with E-state index >= 15 is 0 Å². The summed E-state index contributed by atoms with van der Waals surface area (Å²) in [4.78, 5) is 11.8. The van der Waals surface area contributed by atoms with Crippen molar-refractivity contribution in [2.75, 3.05) is 5.32 Å². The normalized spacial score (nSPS) is 10.1. The molecule has 0 aliphatic carbocycles. The highest BCUT2D eigenvalue weighted by Crippen LogP contribution is 2.24. The number of hydrogen-bond donors (Lipinski definition) is 1. The first-order valence-corrected chi connectivity index (χ1v) is 6.60. The molecule has 2 aromatic carbocycles. The molecule has 21 heavy (non-hydrogen) atoms. The molecule has 0 aliphatic heterocycles. The van der Waals surface area contributed by atoms with Crippen LogP contribution in [0.1, 0.15) is 0 Å². The van der Waals surface area contributed by atoms with Crippen molar-refractivity contribution in [2.24, 2.45) is 0 Å². The summed E-state index contributed by atoms with van der Waals surface area (Å²) in [7, 11) is 0. The molecule has 0 saturated heterocycles. The fourth-order valence-electron chi connectivity index (χ4n) is 1.68. The Labute approximate surface area is 126 Å². The average molecular weight is 299 g/mol. The summed E-state index contributed by atoms with van der Waals surface area (Å²) in [5.74, 6) is 1.97. The molecule has 0 atom stereocenters. The molecule has 3 aromatic rings. The van der Waals surface area contributed by atoms with Crippen LogP contribution in [0.5, 0.6) is 11.5 Å². The Balaban J connectivity index is 1.68. The highest BCUT2D eigenvalue weighted by atomic mass is 35.5. The van der Waals surface area contributed by atoms with Gasteiger partial charge in [-0.05, 0) is 48.5 Å². The Bertz CT molecular complexity index is 702. The van der Waals surface area contributed by atoms with Gasteiger partial charge in [0.05, 0.1) is 0 Å². The van der Waals surface area contributed by atoms with Crippen LogP contribution in [-0.4, -0.2) is 15.0 Å². The summed E-state index contributed by atoms with van der Waals surface area (Å²) in [6.07, 6.45) is 2.88. The number of benzene rings is 2. The third-order valence-corrected chi connectivity index (χ3v) is 2.91. The summed E-state index contributed by atoms with van der Waals surface area (Å²) >= 11 is 5.83. The fraction of sp³-hybridized carbons (Fsp3) is 0. The van der Waals surface area contributed by atoms with E-state index in [-0.39, 0.29) is 0 Å². The number of aromatic nitrogens is 3. The Hall–Kier alpha value is -2.66. The molecule has 0 amide bonds. The second-order valence-electron chi connectivity index (χ2n) is 4.17. The van der Waals surface area contributed by atoms with E-state index in [2.05, 4.69) is 20.3 Å². The molecule has 1 heterocycles. The highest BCUT2D eigenvalue weighted by molar-refractivity contribution is 6.30. The average Bonchev–Trinajstić information content (AvgIpc) is 2.53. The largest absolute Gasteiger partial charge is 0.457 e. The lowest BCUT2D eigenvalue weighted by atomic mass is 10.3. The van der Waals surface area contributed by atoms with Crippen LogP contribution in [0.25, 0.3) is 0 Å². The smallest absolute Gasteiger partial charge is 0.230 e. The third-order valence-electron chi connectivity index (χ3n) is 2.65. The molecule has 0 radical (unpaired) electrons. The molecule has 0 spiro atoms. The molecule has 3 rings (SSSR count). The van der Waals surface area contributed by atoms with Crippen molar-refractivity contribution >= 4 is 23.2 Å². The predicted molar refractivity (Wildman–Crippen MR) is 81.1 cm³/mol. The minimum atomic E-state index is 0.497. The van der Waals surface area contributed by atoms with E-state index < -0.39 is 0 Å². The monoisotopic (exact) mass is 298 g/mol. The quantitative estimate of drug-likeness (QED) is 0.787. The van der Waals surface area contributed by atoms with Gasteiger partial charge in [-0.1, -0.05) is 11.6 Å². The van der Waals surface area contributed by atoms with Crippen molar-refractivity contribution in [1.29, 1.82) is 0 Å². The molecule has 0 saturated carbocycles. The molecule has 1 N–H and O–H groups in total. The van der Waals surface area contributed by atoms with Crippen molar-refractivity contribution in [3.05, 3.63) is 66.2 Å². The highest BCUT2D eigenvalue weighted by Gasteiger charge is 2.00. The molecule has 0 bridgehead atoms. The molecular formula is C15H11ClN4O. The second kappa shape index (κ2) is 6.19. The van der Waals surface area contributed by atoms with Crippen LogP contribution >= 0.6 is 11.6 Å². The number of hydrogen-bond acceptors (Lipinski definition) is 5. The number of nitrogens with one attached hydrogen (secondary N) is 1. The Morgan fingerprint density at radius 1 is 0.810 bits per heavy atom. The molecule has 1 aromatic heterocycles. The van der Waals surface area contributed by atoms with E-state index in [9.17, 15) is 0 Å². The fourth-order valence-corrected chi connectivity index (χ4v) is 1.80. The summed E-state index contributed by atoms with van der Waals surface area (Å²) in [6.45, 7) is 0. The zero-order valence-electron chi connectivity index (χ0n) is 10.9. The maximum atomic E-state index is 5.83. The molecule has 6 heteroatoms. The van der Waals surface area contributed by atoms with Crippen molar-refractivity contribution < 1.29 is 4.74 Å². The lowest BCUT2D eigenvalue weighted by molar-refractivity contribution is 0.483.